The summed E-state index contributed by atoms with van der Waals surface area (Å²) < 4.78 is 5.48. The molecule has 0 radical (unpaired) electrons. The molecule has 29 heavy (non-hydrogen) atoms. The number of hydrogen-bond acceptors (Lipinski definition) is 5. The number of hydrogen-bond donors (Lipinski definition) is 0. The summed E-state index contributed by atoms with van der Waals surface area (Å²) in [6.45, 7) is 9.37. The predicted molar refractivity (Wildman–Crippen MR) is 114 cm³/mol. The van der Waals surface area contributed by atoms with E-state index in [-0.39, 0.29) is 11.9 Å². The molecule has 168 valence electrons. The molecule has 0 spiro atoms. The molecule has 2 saturated carbocycles. The molecule has 0 aromatic carbocycles. The van der Waals surface area contributed by atoms with Gasteiger partial charge in [0, 0.05) is 19.1 Å². The van der Waals surface area contributed by atoms with E-state index in [1.165, 1.54) is 43.4 Å². The summed E-state index contributed by atoms with van der Waals surface area (Å²) in [5.41, 5.74) is -0.604. The summed E-state index contributed by atoms with van der Waals surface area (Å²) in [6, 6.07) is -0.0644. The molecule has 0 aliphatic heterocycles. The summed E-state index contributed by atoms with van der Waals surface area (Å²) in [5, 5.41) is 2.03. The van der Waals surface area contributed by atoms with E-state index in [1.54, 1.807) is 7.05 Å². The molecular weight excluding hydrogens is 368 g/mol. The first-order valence-corrected chi connectivity index (χ1v) is 11.6. The molecule has 0 unspecified atom stereocenters. The van der Waals surface area contributed by atoms with Crippen LogP contribution in [0.25, 0.3) is 0 Å². The summed E-state index contributed by atoms with van der Waals surface area (Å²) in [4.78, 5) is 33.4. The van der Waals surface area contributed by atoms with E-state index in [9.17, 15) is 9.59 Å². The first-order chi connectivity index (χ1) is 13.6. The van der Waals surface area contributed by atoms with Crippen molar-refractivity contribution in [1.29, 1.82) is 0 Å². The van der Waals surface area contributed by atoms with E-state index in [4.69, 9.17) is 9.57 Å². The van der Waals surface area contributed by atoms with Crippen LogP contribution in [-0.2, 0) is 14.4 Å². The Morgan fingerprint density at radius 1 is 0.862 bits per heavy atom. The highest BCUT2D eigenvalue weighted by Crippen LogP contribution is 2.31. The van der Waals surface area contributed by atoms with E-state index in [0.717, 1.165) is 25.7 Å². The van der Waals surface area contributed by atoms with Gasteiger partial charge < -0.3 is 9.57 Å². The number of ether oxygens (including phenoxy) is 1. The van der Waals surface area contributed by atoms with Crippen molar-refractivity contribution in [3.63, 3.8) is 0 Å². The third-order valence-electron chi connectivity index (χ3n) is 6.04. The maximum atomic E-state index is 13.3. The van der Waals surface area contributed by atoms with Gasteiger partial charge in [0.25, 0.3) is 0 Å². The van der Waals surface area contributed by atoms with Crippen LogP contribution in [0.4, 0.5) is 4.79 Å². The van der Waals surface area contributed by atoms with Crippen LogP contribution in [0.3, 0.4) is 0 Å². The van der Waals surface area contributed by atoms with Crippen molar-refractivity contribution >= 4 is 12.1 Å². The van der Waals surface area contributed by atoms with Crippen LogP contribution in [0.1, 0.15) is 98.8 Å². The topological polar surface area (TPSA) is 59.1 Å². The minimum atomic E-state index is -0.667. The predicted octanol–water partition coefficient (Wildman–Crippen LogP) is 5.30. The Balaban J connectivity index is 2.13. The zero-order valence-electron chi connectivity index (χ0n) is 19.4. The van der Waals surface area contributed by atoms with Crippen molar-refractivity contribution in [1.82, 2.24) is 9.96 Å². The average molecular weight is 411 g/mol. The van der Waals surface area contributed by atoms with Crippen LogP contribution in [0.2, 0.25) is 0 Å². The molecule has 2 fully saturated rings. The lowest BCUT2D eigenvalue weighted by atomic mass is 9.90. The summed E-state index contributed by atoms with van der Waals surface area (Å²) >= 11 is 0. The Morgan fingerprint density at radius 3 is 1.69 bits per heavy atom. The van der Waals surface area contributed by atoms with Crippen molar-refractivity contribution in [2.24, 2.45) is 5.92 Å². The molecule has 0 bridgehead atoms. The second kappa shape index (κ2) is 10.6. The zero-order valence-corrected chi connectivity index (χ0v) is 19.4. The molecule has 2 rings (SSSR count). The number of rotatable bonds is 6. The average Bonchev–Trinajstić information content (AvgIpc) is 2.66. The van der Waals surface area contributed by atoms with Gasteiger partial charge in [0.2, 0.25) is 0 Å². The lowest BCUT2D eigenvalue weighted by molar-refractivity contribution is -0.228. The first-order valence-electron chi connectivity index (χ1n) is 11.6. The quantitative estimate of drug-likeness (QED) is 0.556. The molecule has 1 atom stereocenters. The van der Waals surface area contributed by atoms with Gasteiger partial charge >= 0.3 is 12.1 Å². The number of nitrogens with zero attached hydrogens (tertiary/aromatic N) is 2. The smallest absolute Gasteiger partial charge is 0.410 e. The van der Waals surface area contributed by atoms with Crippen LogP contribution in [0, 0.1) is 5.92 Å². The minimum absolute atomic E-state index is 0.0698. The molecule has 6 nitrogen and oxygen atoms in total. The normalized spacial score (nSPS) is 20.6. The highest BCUT2D eigenvalue weighted by molar-refractivity contribution is 5.81. The lowest BCUT2D eigenvalue weighted by Crippen LogP contribution is -2.53. The monoisotopic (exact) mass is 410 g/mol. The Kier molecular flexibility index (Phi) is 8.80. The van der Waals surface area contributed by atoms with Gasteiger partial charge in [0.15, 0.2) is 0 Å². The van der Waals surface area contributed by atoms with Crippen molar-refractivity contribution < 1.29 is 19.2 Å². The Bertz CT molecular complexity index is 513. The number of likely N-dealkylation sites (N-methyl/N-ethyl adjacent to an activating group) is 1. The summed E-state index contributed by atoms with van der Waals surface area (Å²) in [7, 11) is 1.63. The second-order valence-electron chi connectivity index (χ2n) is 10.1. The van der Waals surface area contributed by atoms with Crippen LogP contribution in [0.15, 0.2) is 0 Å². The number of amides is 1. The highest BCUT2D eigenvalue weighted by atomic mass is 16.7. The van der Waals surface area contributed by atoms with Gasteiger partial charge in [-0.05, 0) is 52.4 Å². The molecule has 1 amide bonds. The Hall–Kier alpha value is -1.30. The Morgan fingerprint density at radius 2 is 1.31 bits per heavy atom. The second-order valence-corrected chi connectivity index (χ2v) is 10.1. The van der Waals surface area contributed by atoms with Crippen molar-refractivity contribution in [2.45, 2.75) is 123 Å². The molecular formula is C23H42N2O4. The number of hydroxylamine groups is 2. The third kappa shape index (κ3) is 7.16. The summed E-state index contributed by atoms with van der Waals surface area (Å²) in [5.74, 6) is -0.413. The third-order valence-corrected chi connectivity index (χ3v) is 6.04. The van der Waals surface area contributed by atoms with E-state index < -0.39 is 17.7 Å². The van der Waals surface area contributed by atoms with E-state index in [1.807, 2.05) is 39.7 Å². The van der Waals surface area contributed by atoms with E-state index >= 15 is 0 Å². The van der Waals surface area contributed by atoms with Gasteiger partial charge in [-0.1, -0.05) is 52.4 Å². The van der Waals surface area contributed by atoms with Gasteiger partial charge in [-0.15, -0.1) is 5.06 Å². The molecule has 0 aromatic heterocycles. The standard InChI is InChI=1S/C23H42N2O4/c1-17(2)20(24(6)22(27)28-23(3,4)5)21(26)29-25(18-13-9-7-10-14-18)19-15-11-8-12-16-19/h17-20H,7-16H2,1-6H3/t20-/m0/s1. The fourth-order valence-electron chi connectivity index (χ4n) is 4.60. The minimum Gasteiger partial charge on any atom is -0.444 e. The lowest BCUT2D eigenvalue weighted by Gasteiger charge is -2.41. The number of carbonyl (C=O) groups excluding carboxylic acids is 2. The SMILES string of the molecule is CC(C)[C@@H](C(=O)ON(C1CCCCC1)C1CCCCC1)N(C)C(=O)OC(C)(C)C. The zero-order chi connectivity index (χ0) is 21.6. The molecule has 0 saturated heterocycles. The van der Waals surface area contributed by atoms with Gasteiger partial charge in [-0.25, -0.2) is 9.59 Å². The van der Waals surface area contributed by atoms with Crippen LogP contribution in [-0.4, -0.2) is 52.8 Å². The molecule has 2 aliphatic rings. The van der Waals surface area contributed by atoms with Crippen LogP contribution in [0.5, 0.6) is 0 Å². The fourth-order valence-corrected chi connectivity index (χ4v) is 4.60. The molecule has 6 heteroatoms. The maximum Gasteiger partial charge on any atom is 0.410 e. The van der Waals surface area contributed by atoms with Gasteiger partial charge in [-0.3, -0.25) is 4.90 Å². The van der Waals surface area contributed by atoms with Crippen LogP contribution >= 0.6 is 0 Å². The fraction of sp³-hybridized carbons (Fsp3) is 0.913. The Labute approximate surface area is 177 Å². The van der Waals surface area contributed by atoms with Crippen LogP contribution < -0.4 is 0 Å². The number of carbonyl (C=O) groups is 2. The summed E-state index contributed by atoms with van der Waals surface area (Å²) in [6.07, 6.45) is 11.1. The van der Waals surface area contributed by atoms with Gasteiger partial charge in [-0.2, -0.15) is 0 Å². The maximum absolute atomic E-state index is 13.3. The highest BCUT2D eigenvalue weighted by Gasteiger charge is 2.38. The first kappa shape index (κ1) is 24.0. The van der Waals surface area contributed by atoms with Crippen molar-refractivity contribution in [3.05, 3.63) is 0 Å². The van der Waals surface area contributed by atoms with E-state index in [0.29, 0.717) is 12.1 Å². The van der Waals surface area contributed by atoms with Crippen molar-refractivity contribution in [2.75, 3.05) is 7.05 Å². The van der Waals surface area contributed by atoms with Gasteiger partial charge in [0.1, 0.15) is 11.6 Å². The largest absolute Gasteiger partial charge is 0.444 e. The van der Waals surface area contributed by atoms with Gasteiger partial charge in [0.05, 0.1) is 0 Å². The molecule has 0 heterocycles. The van der Waals surface area contributed by atoms with E-state index in [2.05, 4.69) is 0 Å². The molecule has 0 N–H and O–H groups in total. The molecule has 0 aromatic rings. The van der Waals surface area contributed by atoms with Crippen molar-refractivity contribution in [3.8, 4) is 0 Å². The molecule has 2 aliphatic carbocycles.